The standard InChI is InChI=1S/C16H28N4O/c1-12(2)15-10-16(18-14(4)17-15)19(5)11-13(3)20-6-8-21-9-7-20/h10,12-13H,6-9,11H2,1-5H3/t13-/m0/s1. The maximum atomic E-state index is 5.42. The first-order valence-electron chi connectivity index (χ1n) is 7.86. The van der Waals surface area contributed by atoms with Gasteiger partial charge in [0.2, 0.25) is 0 Å². The molecule has 0 amide bonds. The predicted molar refractivity (Wildman–Crippen MR) is 86.0 cm³/mol. The number of likely N-dealkylation sites (N-methyl/N-ethyl adjacent to an activating group) is 1. The van der Waals surface area contributed by atoms with E-state index in [-0.39, 0.29) is 0 Å². The number of anilines is 1. The molecule has 0 spiro atoms. The Morgan fingerprint density at radius 3 is 2.52 bits per heavy atom. The molecule has 5 nitrogen and oxygen atoms in total. The van der Waals surface area contributed by atoms with Crippen LogP contribution in [0.15, 0.2) is 6.07 Å². The van der Waals surface area contributed by atoms with Crippen molar-refractivity contribution >= 4 is 5.82 Å². The minimum absolute atomic E-state index is 0.426. The molecule has 21 heavy (non-hydrogen) atoms. The Balaban J connectivity index is 2.03. The van der Waals surface area contributed by atoms with E-state index in [4.69, 9.17) is 4.74 Å². The zero-order valence-corrected chi connectivity index (χ0v) is 14.0. The summed E-state index contributed by atoms with van der Waals surface area (Å²) in [6.07, 6.45) is 0. The van der Waals surface area contributed by atoms with Crippen LogP contribution in [-0.4, -0.2) is 60.8 Å². The average molecular weight is 292 g/mol. The molecule has 2 heterocycles. The van der Waals surface area contributed by atoms with Gasteiger partial charge < -0.3 is 9.64 Å². The van der Waals surface area contributed by atoms with Crippen molar-refractivity contribution in [3.05, 3.63) is 17.6 Å². The lowest BCUT2D eigenvalue weighted by molar-refractivity contribution is 0.0218. The minimum Gasteiger partial charge on any atom is -0.379 e. The van der Waals surface area contributed by atoms with Gasteiger partial charge in [-0.1, -0.05) is 13.8 Å². The molecule has 2 rings (SSSR count). The number of aryl methyl sites for hydroxylation is 1. The monoisotopic (exact) mass is 292 g/mol. The third-order valence-corrected chi connectivity index (χ3v) is 4.03. The van der Waals surface area contributed by atoms with Crippen LogP contribution in [0.5, 0.6) is 0 Å². The van der Waals surface area contributed by atoms with Gasteiger partial charge in [0.25, 0.3) is 0 Å². The summed E-state index contributed by atoms with van der Waals surface area (Å²) >= 11 is 0. The first-order chi connectivity index (χ1) is 9.97. The molecular formula is C16H28N4O. The highest BCUT2D eigenvalue weighted by molar-refractivity contribution is 5.39. The summed E-state index contributed by atoms with van der Waals surface area (Å²) in [6.45, 7) is 13.3. The predicted octanol–water partition coefficient (Wildman–Crippen LogP) is 2.07. The van der Waals surface area contributed by atoms with Gasteiger partial charge in [-0.25, -0.2) is 9.97 Å². The molecule has 0 N–H and O–H groups in total. The van der Waals surface area contributed by atoms with Crippen molar-refractivity contribution in [1.29, 1.82) is 0 Å². The van der Waals surface area contributed by atoms with E-state index in [1.54, 1.807) is 0 Å². The SMILES string of the molecule is Cc1nc(C(C)C)cc(N(C)C[C@H](C)N2CCOCC2)n1. The summed E-state index contributed by atoms with van der Waals surface area (Å²) in [7, 11) is 2.11. The molecule has 5 heteroatoms. The summed E-state index contributed by atoms with van der Waals surface area (Å²) < 4.78 is 5.42. The Morgan fingerprint density at radius 2 is 1.90 bits per heavy atom. The maximum absolute atomic E-state index is 5.42. The van der Waals surface area contributed by atoms with Crippen molar-refractivity contribution < 1.29 is 4.74 Å². The smallest absolute Gasteiger partial charge is 0.132 e. The van der Waals surface area contributed by atoms with Crippen molar-refractivity contribution in [3.63, 3.8) is 0 Å². The Morgan fingerprint density at radius 1 is 1.24 bits per heavy atom. The fraction of sp³-hybridized carbons (Fsp3) is 0.750. The summed E-state index contributed by atoms with van der Waals surface area (Å²) in [4.78, 5) is 13.8. The van der Waals surface area contributed by atoms with Crippen LogP contribution < -0.4 is 4.90 Å². The molecule has 1 aliphatic rings. The molecule has 0 saturated carbocycles. The number of nitrogens with zero attached hydrogens (tertiary/aromatic N) is 4. The van der Waals surface area contributed by atoms with Crippen molar-refractivity contribution in [2.75, 3.05) is 44.8 Å². The lowest BCUT2D eigenvalue weighted by atomic mass is 10.1. The number of rotatable bonds is 5. The number of ether oxygens (including phenoxy) is 1. The third-order valence-electron chi connectivity index (χ3n) is 4.03. The quantitative estimate of drug-likeness (QED) is 0.831. The van der Waals surface area contributed by atoms with E-state index in [2.05, 4.69) is 53.7 Å². The van der Waals surface area contributed by atoms with Crippen molar-refractivity contribution in [1.82, 2.24) is 14.9 Å². The highest BCUT2D eigenvalue weighted by atomic mass is 16.5. The Hall–Kier alpha value is -1.20. The Labute approximate surface area is 128 Å². The summed E-state index contributed by atoms with van der Waals surface area (Å²) in [6, 6.07) is 2.61. The minimum atomic E-state index is 0.426. The molecule has 1 aliphatic heterocycles. The van der Waals surface area contributed by atoms with Crippen LogP contribution in [0.25, 0.3) is 0 Å². The van der Waals surface area contributed by atoms with Crippen LogP contribution in [-0.2, 0) is 4.74 Å². The first-order valence-corrected chi connectivity index (χ1v) is 7.86. The Bertz CT molecular complexity index is 458. The number of hydrogen-bond acceptors (Lipinski definition) is 5. The molecule has 1 aromatic rings. The molecule has 0 unspecified atom stereocenters. The van der Waals surface area contributed by atoms with E-state index in [0.717, 1.165) is 50.2 Å². The van der Waals surface area contributed by atoms with Gasteiger partial charge in [0.1, 0.15) is 11.6 Å². The van der Waals surface area contributed by atoms with Gasteiger partial charge in [-0.05, 0) is 19.8 Å². The van der Waals surface area contributed by atoms with Gasteiger partial charge in [0, 0.05) is 44.5 Å². The average Bonchev–Trinajstić information content (AvgIpc) is 2.47. The number of hydrogen-bond donors (Lipinski definition) is 0. The molecule has 0 radical (unpaired) electrons. The first kappa shape index (κ1) is 16.2. The zero-order chi connectivity index (χ0) is 15.4. The van der Waals surface area contributed by atoms with Crippen molar-refractivity contribution in [2.45, 2.75) is 39.7 Å². The zero-order valence-electron chi connectivity index (χ0n) is 14.0. The van der Waals surface area contributed by atoms with Gasteiger partial charge in [0.05, 0.1) is 13.2 Å². The van der Waals surface area contributed by atoms with E-state index in [1.807, 2.05) is 6.92 Å². The normalized spacial score (nSPS) is 18.0. The molecule has 118 valence electrons. The lowest BCUT2D eigenvalue weighted by Gasteiger charge is -2.34. The second kappa shape index (κ2) is 7.18. The molecule has 0 bridgehead atoms. The van der Waals surface area contributed by atoms with Crippen molar-refractivity contribution in [3.8, 4) is 0 Å². The summed E-state index contributed by atoms with van der Waals surface area (Å²) in [5, 5.41) is 0. The van der Waals surface area contributed by atoms with E-state index in [9.17, 15) is 0 Å². The Kier molecular flexibility index (Phi) is 5.53. The second-order valence-electron chi connectivity index (χ2n) is 6.23. The maximum Gasteiger partial charge on any atom is 0.132 e. The number of aromatic nitrogens is 2. The molecule has 0 aliphatic carbocycles. The number of morpholine rings is 1. The topological polar surface area (TPSA) is 41.5 Å². The summed E-state index contributed by atoms with van der Waals surface area (Å²) in [5.74, 6) is 2.30. The van der Waals surface area contributed by atoms with Gasteiger partial charge in [-0.15, -0.1) is 0 Å². The van der Waals surface area contributed by atoms with Gasteiger partial charge in [-0.3, -0.25) is 4.90 Å². The van der Waals surface area contributed by atoms with Gasteiger partial charge in [-0.2, -0.15) is 0 Å². The van der Waals surface area contributed by atoms with Gasteiger partial charge in [0.15, 0.2) is 0 Å². The largest absolute Gasteiger partial charge is 0.379 e. The highest BCUT2D eigenvalue weighted by Crippen LogP contribution is 2.18. The van der Waals surface area contributed by atoms with E-state index in [0.29, 0.717) is 12.0 Å². The highest BCUT2D eigenvalue weighted by Gasteiger charge is 2.19. The molecular weight excluding hydrogens is 264 g/mol. The third kappa shape index (κ3) is 4.38. The molecule has 0 aromatic carbocycles. The van der Waals surface area contributed by atoms with Crippen LogP contribution >= 0.6 is 0 Å². The van der Waals surface area contributed by atoms with Crippen LogP contribution in [0, 0.1) is 6.92 Å². The van der Waals surface area contributed by atoms with Crippen molar-refractivity contribution in [2.24, 2.45) is 0 Å². The van der Waals surface area contributed by atoms with Crippen LogP contribution in [0.3, 0.4) is 0 Å². The lowest BCUT2D eigenvalue weighted by Crippen LogP contribution is -2.46. The molecule has 1 saturated heterocycles. The van der Waals surface area contributed by atoms with E-state index in [1.165, 1.54) is 0 Å². The molecule has 1 atom stereocenters. The van der Waals surface area contributed by atoms with Crippen LogP contribution in [0.4, 0.5) is 5.82 Å². The summed E-state index contributed by atoms with van der Waals surface area (Å²) in [5.41, 5.74) is 1.11. The molecule has 1 fully saturated rings. The van der Waals surface area contributed by atoms with Crippen LogP contribution in [0.1, 0.15) is 38.2 Å². The second-order valence-corrected chi connectivity index (χ2v) is 6.23. The fourth-order valence-corrected chi connectivity index (χ4v) is 2.69. The van der Waals surface area contributed by atoms with Gasteiger partial charge >= 0.3 is 0 Å². The van der Waals surface area contributed by atoms with E-state index >= 15 is 0 Å². The van der Waals surface area contributed by atoms with E-state index < -0.39 is 0 Å². The fourth-order valence-electron chi connectivity index (χ4n) is 2.69. The molecule has 1 aromatic heterocycles. The van der Waals surface area contributed by atoms with Crippen LogP contribution in [0.2, 0.25) is 0 Å².